The molecule has 0 spiro atoms. The van der Waals surface area contributed by atoms with Gasteiger partial charge in [0.05, 0.1) is 6.20 Å². The number of ether oxygens (including phenoxy) is 1. The molecule has 92 valence electrons. The summed E-state index contributed by atoms with van der Waals surface area (Å²) in [7, 11) is 0. The van der Waals surface area contributed by atoms with Gasteiger partial charge in [-0.3, -0.25) is 0 Å². The van der Waals surface area contributed by atoms with Gasteiger partial charge in [-0.25, -0.2) is 9.98 Å². The molecule has 0 saturated carbocycles. The van der Waals surface area contributed by atoms with Crippen LogP contribution < -0.4 is 0 Å². The maximum absolute atomic E-state index is 11.8. The molecule has 0 aromatic carbocycles. The van der Waals surface area contributed by atoms with Gasteiger partial charge in [-0.15, -0.1) is 13.2 Å². The van der Waals surface area contributed by atoms with Crippen molar-refractivity contribution in [1.82, 2.24) is 0 Å². The van der Waals surface area contributed by atoms with Gasteiger partial charge in [0.15, 0.2) is 0 Å². The van der Waals surface area contributed by atoms with Gasteiger partial charge in [0.2, 0.25) is 0 Å². The third kappa shape index (κ3) is 6.21. The molecule has 0 aliphatic heterocycles. The van der Waals surface area contributed by atoms with E-state index in [2.05, 4.69) is 21.4 Å². The van der Waals surface area contributed by atoms with Crippen molar-refractivity contribution in [2.75, 3.05) is 0 Å². The Kier molecular flexibility index (Phi) is 4.71. The van der Waals surface area contributed by atoms with E-state index in [-0.39, 0.29) is 11.2 Å². The maximum Gasteiger partial charge on any atom is 0.572 e. The second kappa shape index (κ2) is 5.14. The molecule has 0 aliphatic rings. The molecule has 0 unspecified atom stereocenters. The van der Waals surface area contributed by atoms with Crippen LogP contribution in [0.25, 0.3) is 0 Å². The highest BCUT2D eigenvalue weighted by Crippen LogP contribution is 2.21. The summed E-state index contributed by atoms with van der Waals surface area (Å²) in [5.41, 5.74) is -0.378. The fourth-order valence-corrected chi connectivity index (χ4v) is 0.833. The van der Waals surface area contributed by atoms with E-state index in [0.29, 0.717) is 5.84 Å². The first kappa shape index (κ1) is 14.7. The number of hydrogen-bond acceptors (Lipinski definition) is 2. The molecule has 0 heterocycles. The number of alkyl halides is 3. The summed E-state index contributed by atoms with van der Waals surface area (Å²) in [6, 6.07) is 0. The lowest BCUT2D eigenvalue weighted by atomic mass is 9.95. The van der Waals surface area contributed by atoms with Crippen LogP contribution in [0.5, 0.6) is 0 Å². The van der Waals surface area contributed by atoms with Gasteiger partial charge in [-0.05, 0) is 13.6 Å². The highest BCUT2D eigenvalue weighted by Gasteiger charge is 2.30. The van der Waals surface area contributed by atoms with Gasteiger partial charge in [-0.1, -0.05) is 20.8 Å². The van der Waals surface area contributed by atoms with Crippen molar-refractivity contribution in [3.8, 4) is 0 Å². The molecule has 0 bridgehead atoms. The molecular weight excluding hydrogens is 221 g/mol. The summed E-state index contributed by atoms with van der Waals surface area (Å²) >= 11 is 0. The van der Waals surface area contributed by atoms with Gasteiger partial charge < -0.3 is 4.74 Å². The van der Waals surface area contributed by atoms with Crippen LogP contribution in [-0.4, -0.2) is 18.9 Å². The summed E-state index contributed by atoms with van der Waals surface area (Å²) in [4.78, 5) is 7.44. The lowest BCUT2D eigenvalue weighted by Crippen LogP contribution is -2.17. The van der Waals surface area contributed by atoms with E-state index in [1.165, 1.54) is 6.92 Å². The fourth-order valence-electron chi connectivity index (χ4n) is 0.833. The number of allylic oxidation sites excluding steroid dienone is 1. The van der Waals surface area contributed by atoms with Crippen LogP contribution >= 0.6 is 0 Å². The van der Waals surface area contributed by atoms with Gasteiger partial charge >= 0.3 is 6.36 Å². The van der Waals surface area contributed by atoms with Crippen LogP contribution in [-0.2, 0) is 4.74 Å². The fraction of sp³-hybridized carbons (Fsp3) is 0.600. The molecule has 0 aromatic rings. The van der Waals surface area contributed by atoms with Crippen molar-refractivity contribution in [3.05, 3.63) is 12.0 Å². The molecule has 0 N–H and O–H groups in total. The zero-order chi connectivity index (χ0) is 13.0. The molecule has 0 rings (SSSR count). The Balaban J connectivity index is 4.78. The van der Waals surface area contributed by atoms with E-state index in [4.69, 9.17) is 0 Å². The summed E-state index contributed by atoms with van der Waals surface area (Å²) in [6.45, 7) is 9.96. The van der Waals surface area contributed by atoms with Gasteiger partial charge in [-0.2, -0.15) is 0 Å². The topological polar surface area (TPSA) is 34.0 Å². The van der Waals surface area contributed by atoms with Crippen LogP contribution in [0.2, 0.25) is 0 Å². The van der Waals surface area contributed by atoms with Crippen molar-refractivity contribution in [2.24, 2.45) is 15.4 Å². The Hall–Kier alpha value is -1.33. The van der Waals surface area contributed by atoms with Crippen LogP contribution in [0.15, 0.2) is 21.9 Å². The Labute approximate surface area is 92.7 Å². The second-order valence-electron chi connectivity index (χ2n) is 4.15. The minimum Gasteiger partial charge on any atom is -0.409 e. The average molecular weight is 236 g/mol. The van der Waals surface area contributed by atoms with Crippen LogP contribution in [0.1, 0.15) is 27.7 Å². The summed E-state index contributed by atoms with van der Waals surface area (Å²) in [5.74, 6) is -0.00414. The zero-order valence-corrected chi connectivity index (χ0v) is 9.72. The average Bonchev–Trinajstić information content (AvgIpc) is 1.98. The van der Waals surface area contributed by atoms with Crippen molar-refractivity contribution in [3.63, 3.8) is 0 Å². The number of hydrogen-bond donors (Lipinski definition) is 0. The van der Waals surface area contributed by atoms with Gasteiger partial charge in [0.25, 0.3) is 0 Å². The zero-order valence-electron chi connectivity index (χ0n) is 9.72. The predicted molar refractivity (Wildman–Crippen MR) is 57.3 cm³/mol. The molecule has 0 atom stereocenters. The van der Waals surface area contributed by atoms with E-state index >= 15 is 0 Å². The predicted octanol–water partition coefficient (Wildman–Crippen LogP) is 3.53. The Morgan fingerprint density at radius 1 is 1.25 bits per heavy atom. The second-order valence-corrected chi connectivity index (χ2v) is 4.15. The Morgan fingerprint density at radius 2 is 1.75 bits per heavy atom. The molecular formula is C10H15F3N2O. The normalized spacial score (nSPS) is 14.9. The molecule has 0 fully saturated rings. The van der Waals surface area contributed by atoms with E-state index in [1.807, 2.05) is 20.8 Å². The van der Waals surface area contributed by atoms with Crippen LogP contribution in [0.3, 0.4) is 0 Å². The van der Waals surface area contributed by atoms with E-state index in [1.54, 1.807) is 0 Å². The summed E-state index contributed by atoms with van der Waals surface area (Å²) < 4.78 is 39.0. The lowest BCUT2D eigenvalue weighted by molar-refractivity contribution is -0.305. The smallest absolute Gasteiger partial charge is 0.409 e. The number of amidine groups is 1. The third-order valence-corrected chi connectivity index (χ3v) is 1.47. The van der Waals surface area contributed by atoms with E-state index in [0.717, 1.165) is 6.20 Å². The minimum atomic E-state index is -4.69. The quantitative estimate of drug-likeness (QED) is 0.410. The SMILES string of the molecule is C=N/C(=N\C=C(/C)OC(F)(F)F)C(C)(C)C. The van der Waals surface area contributed by atoms with Crippen LogP contribution in [0.4, 0.5) is 13.2 Å². The Bertz CT molecular complexity index is 311. The molecule has 0 saturated heterocycles. The largest absolute Gasteiger partial charge is 0.572 e. The Morgan fingerprint density at radius 3 is 2.06 bits per heavy atom. The van der Waals surface area contributed by atoms with Crippen LogP contribution in [0, 0.1) is 5.41 Å². The lowest BCUT2D eigenvalue weighted by Gasteiger charge is -2.16. The van der Waals surface area contributed by atoms with E-state index in [9.17, 15) is 13.2 Å². The third-order valence-electron chi connectivity index (χ3n) is 1.47. The standard InChI is InChI=1S/C10H15F3N2O/c1-7(16-10(11,12)13)6-15-8(14-5)9(2,3)4/h6H,5H2,1-4H3/b7-6+,15-8-. The highest BCUT2D eigenvalue weighted by atomic mass is 19.4. The van der Waals surface area contributed by atoms with Gasteiger partial charge in [0, 0.05) is 5.41 Å². The molecule has 3 nitrogen and oxygen atoms in total. The monoisotopic (exact) mass is 236 g/mol. The molecule has 6 heteroatoms. The minimum absolute atomic E-state index is 0.345. The first-order chi connectivity index (χ1) is 7.06. The van der Waals surface area contributed by atoms with Crippen molar-refractivity contribution < 1.29 is 17.9 Å². The highest BCUT2D eigenvalue weighted by molar-refractivity contribution is 5.91. The van der Waals surface area contributed by atoms with Crippen molar-refractivity contribution in [2.45, 2.75) is 34.1 Å². The number of rotatable bonds is 2. The summed E-state index contributed by atoms with van der Waals surface area (Å²) in [6.07, 6.45) is -3.72. The molecule has 0 amide bonds. The first-order valence-electron chi connectivity index (χ1n) is 4.54. The molecule has 0 aromatic heterocycles. The van der Waals surface area contributed by atoms with E-state index < -0.39 is 6.36 Å². The number of nitrogens with zero attached hydrogens (tertiary/aromatic N) is 2. The first-order valence-corrected chi connectivity index (χ1v) is 4.54. The molecule has 0 aliphatic carbocycles. The van der Waals surface area contributed by atoms with Crippen molar-refractivity contribution in [1.29, 1.82) is 0 Å². The number of aliphatic imine (C=N–C) groups is 2. The number of halogens is 3. The molecule has 0 radical (unpaired) electrons. The van der Waals surface area contributed by atoms with Gasteiger partial charge in [0.1, 0.15) is 11.6 Å². The summed E-state index contributed by atoms with van der Waals surface area (Å²) in [5, 5.41) is 0. The molecule has 16 heavy (non-hydrogen) atoms. The van der Waals surface area contributed by atoms with Crippen molar-refractivity contribution >= 4 is 12.6 Å². The maximum atomic E-state index is 11.8.